The topological polar surface area (TPSA) is 127 Å². The van der Waals surface area contributed by atoms with Gasteiger partial charge in [0.1, 0.15) is 24.0 Å². The van der Waals surface area contributed by atoms with E-state index >= 15 is 0 Å². The van der Waals surface area contributed by atoms with Gasteiger partial charge in [-0.1, -0.05) is 24.3 Å². The lowest BCUT2D eigenvalue weighted by Crippen LogP contribution is -2.38. The molecular formula is C30H33N7O3. The molecule has 0 saturated heterocycles. The van der Waals surface area contributed by atoms with Gasteiger partial charge in [-0.2, -0.15) is 5.26 Å². The Morgan fingerprint density at radius 2 is 1.88 bits per heavy atom. The minimum atomic E-state index is -0.547. The summed E-state index contributed by atoms with van der Waals surface area (Å²) < 4.78 is 13.1. The summed E-state index contributed by atoms with van der Waals surface area (Å²) in [5.41, 5.74) is 2.98. The number of carbonyl (C=O) groups excluding carboxylic acids is 1. The van der Waals surface area contributed by atoms with Crippen molar-refractivity contribution in [1.82, 2.24) is 24.8 Å². The van der Waals surface area contributed by atoms with E-state index in [4.69, 9.17) is 9.47 Å². The Hall–Kier alpha value is -4.91. The van der Waals surface area contributed by atoms with Gasteiger partial charge in [-0.15, -0.1) is 0 Å². The summed E-state index contributed by atoms with van der Waals surface area (Å²) in [5.74, 6) is 1.13. The van der Waals surface area contributed by atoms with E-state index in [0.717, 1.165) is 22.6 Å². The first-order valence-corrected chi connectivity index (χ1v) is 13.0. The zero-order valence-corrected chi connectivity index (χ0v) is 23.1. The molecule has 1 unspecified atom stereocenters. The van der Waals surface area contributed by atoms with Gasteiger partial charge in [0.05, 0.1) is 30.3 Å². The second-order valence-electron chi connectivity index (χ2n) is 10.3. The Balaban J connectivity index is 1.37. The van der Waals surface area contributed by atoms with E-state index < -0.39 is 11.7 Å². The average Bonchev–Trinajstić information content (AvgIpc) is 3.42. The van der Waals surface area contributed by atoms with Crippen LogP contribution in [0.4, 0.5) is 16.4 Å². The number of ether oxygens (including phenoxy) is 2. The van der Waals surface area contributed by atoms with Crippen molar-refractivity contribution in [1.29, 1.82) is 5.26 Å². The van der Waals surface area contributed by atoms with Crippen LogP contribution in [0.1, 0.15) is 38.8 Å². The first-order chi connectivity index (χ1) is 19.2. The van der Waals surface area contributed by atoms with Gasteiger partial charge in [0.25, 0.3) is 0 Å². The Morgan fingerprint density at radius 3 is 2.52 bits per heavy atom. The highest BCUT2D eigenvalue weighted by Gasteiger charge is 2.18. The molecule has 0 fully saturated rings. The Morgan fingerprint density at radius 1 is 1.12 bits per heavy atom. The zero-order chi connectivity index (χ0) is 28.5. The van der Waals surface area contributed by atoms with Crippen molar-refractivity contribution in [2.75, 3.05) is 11.9 Å². The van der Waals surface area contributed by atoms with E-state index in [-0.39, 0.29) is 6.04 Å². The van der Waals surface area contributed by atoms with Crippen molar-refractivity contribution in [3.05, 3.63) is 84.6 Å². The number of alkyl carbamates (subject to hydrolysis) is 1. The lowest BCUT2D eigenvalue weighted by Gasteiger charge is -2.22. The van der Waals surface area contributed by atoms with Crippen LogP contribution in [0, 0.1) is 11.3 Å². The van der Waals surface area contributed by atoms with Gasteiger partial charge in [0.2, 0.25) is 5.95 Å². The van der Waals surface area contributed by atoms with Crippen molar-refractivity contribution in [2.45, 2.75) is 52.3 Å². The van der Waals surface area contributed by atoms with Crippen LogP contribution in [0.5, 0.6) is 5.75 Å². The number of hydrogen-bond acceptors (Lipinski definition) is 8. The molecule has 0 bridgehead atoms. The summed E-state index contributed by atoms with van der Waals surface area (Å²) >= 11 is 0. The molecule has 2 aromatic heterocycles. The zero-order valence-electron chi connectivity index (χ0n) is 23.1. The van der Waals surface area contributed by atoms with Crippen LogP contribution >= 0.6 is 0 Å². The molecule has 2 heterocycles. The fourth-order valence-electron chi connectivity index (χ4n) is 3.91. The van der Waals surface area contributed by atoms with E-state index in [2.05, 4.69) is 31.7 Å². The van der Waals surface area contributed by atoms with E-state index in [1.54, 1.807) is 12.5 Å². The molecule has 0 spiro atoms. The number of aromatic nitrogens is 4. The van der Waals surface area contributed by atoms with Crippen molar-refractivity contribution in [3.63, 3.8) is 0 Å². The molecule has 0 aliphatic rings. The molecule has 1 atom stereocenters. The van der Waals surface area contributed by atoms with Gasteiger partial charge in [-0.3, -0.25) is 0 Å². The van der Waals surface area contributed by atoms with E-state index in [0.29, 0.717) is 36.8 Å². The SMILES string of the molecule is CC(Cc1ccc(-c2nc(Nc3ccc(OCCn4ccnc4)cc3)ncc2C#N)cc1)NC(=O)OC(C)(C)C. The van der Waals surface area contributed by atoms with Gasteiger partial charge < -0.3 is 24.7 Å². The number of benzene rings is 2. The first-order valence-electron chi connectivity index (χ1n) is 13.0. The van der Waals surface area contributed by atoms with Crippen LogP contribution < -0.4 is 15.4 Å². The number of carbonyl (C=O) groups is 1. The molecule has 10 nitrogen and oxygen atoms in total. The fourth-order valence-corrected chi connectivity index (χ4v) is 3.91. The van der Waals surface area contributed by atoms with Crippen LogP contribution in [0.3, 0.4) is 0 Å². The van der Waals surface area contributed by atoms with Crippen LogP contribution in [0.25, 0.3) is 11.3 Å². The number of nitriles is 1. The predicted molar refractivity (Wildman–Crippen MR) is 152 cm³/mol. The third kappa shape index (κ3) is 8.30. The molecule has 0 aliphatic carbocycles. The third-order valence-corrected chi connectivity index (χ3v) is 5.73. The summed E-state index contributed by atoms with van der Waals surface area (Å²) in [7, 11) is 0. The van der Waals surface area contributed by atoms with Gasteiger partial charge >= 0.3 is 6.09 Å². The molecule has 10 heteroatoms. The van der Waals surface area contributed by atoms with E-state index in [1.165, 1.54) is 6.20 Å². The van der Waals surface area contributed by atoms with Crippen molar-refractivity contribution in [2.24, 2.45) is 0 Å². The second kappa shape index (κ2) is 12.8. The second-order valence-corrected chi connectivity index (χ2v) is 10.3. The standard InChI is InChI=1S/C30H33N7O3/c1-21(34-29(38)40-30(2,3)4)17-22-5-7-23(8-6-22)27-24(18-31)19-33-28(36-27)35-25-9-11-26(12-10-25)39-16-15-37-14-13-32-20-37/h5-14,19-21H,15-17H2,1-4H3,(H,34,38)(H,33,35,36). The van der Waals surface area contributed by atoms with Crippen LogP contribution in [0.2, 0.25) is 0 Å². The summed E-state index contributed by atoms with van der Waals surface area (Å²) in [6.45, 7) is 8.66. The van der Waals surface area contributed by atoms with Crippen molar-refractivity contribution < 1.29 is 14.3 Å². The van der Waals surface area contributed by atoms with E-state index in [1.807, 2.05) is 87.0 Å². The van der Waals surface area contributed by atoms with Crippen LogP contribution in [0.15, 0.2) is 73.4 Å². The summed E-state index contributed by atoms with van der Waals surface area (Å²) in [4.78, 5) is 25.0. The Bertz CT molecular complexity index is 1440. The molecule has 1 amide bonds. The quantitative estimate of drug-likeness (QED) is 0.271. The molecule has 2 N–H and O–H groups in total. The van der Waals surface area contributed by atoms with Gasteiger partial charge in [0.15, 0.2) is 0 Å². The summed E-state index contributed by atoms with van der Waals surface area (Å²) in [6, 6.07) is 17.3. The number of rotatable bonds is 10. The summed E-state index contributed by atoms with van der Waals surface area (Å²) in [5, 5.41) is 15.7. The number of imidazole rings is 1. The van der Waals surface area contributed by atoms with Gasteiger partial charge in [-0.25, -0.2) is 19.7 Å². The number of nitrogens with zero attached hydrogens (tertiary/aromatic N) is 5. The molecule has 4 rings (SSSR count). The number of amides is 1. The minimum Gasteiger partial charge on any atom is -0.492 e. The minimum absolute atomic E-state index is 0.112. The predicted octanol–water partition coefficient (Wildman–Crippen LogP) is 5.49. The van der Waals surface area contributed by atoms with Crippen LogP contribution in [-0.4, -0.2) is 43.9 Å². The first kappa shape index (κ1) is 28.1. The molecule has 40 heavy (non-hydrogen) atoms. The normalized spacial score (nSPS) is 11.8. The fraction of sp³-hybridized carbons (Fsp3) is 0.300. The van der Waals surface area contributed by atoms with Gasteiger partial charge in [0, 0.05) is 29.7 Å². The highest BCUT2D eigenvalue weighted by Crippen LogP contribution is 2.25. The highest BCUT2D eigenvalue weighted by atomic mass is 16.6. The maximum absolute atomic E-state index is 12.0. The largest absolute Gasteiger partial charge is 0.492 e. The maximum Gasteiger partial charge on any atom is 0.407 e. The molecule has 4 aromatic rings. The molecule has 206 valence electrons. The summed E-state index contributed by atoms with van der Waals surface area (Å²) in [6.07, 6.45) is 7.09. The maximum atomic E-state index is 12.0. The molecular weight excluding hydrogens is 506 g/mol. The lowest BCUT2D eigenvalue weighted by atomic mass is 10.0. The molecule has 0 aliphatic heterocycles. The number of hydrogen-bond donors (Lipinski definition) is 2. The lowest BCUT2D eigenvalue weighted by molar-refractivity contribution is 0.0508. The number of anilines is 2. The Labute approximate surface area is 234 Å². The molecule has 2 aromatic carbocycles. The monoisotopic (exact) mass is 539 g/mol. The molecule has 0 saturated carbocycles. The van der Waals surface area contributed by atoms with Crippen LogP contribution in [-0.2, 0) is 17.7 Å². The smallest absolute Gasteiger partial charge is 0.407 e. The van der Waals surface area contributed by atoms with Crippen molar-refractivity contribution >= 4 is 17.7 Å². The number of nitrogens with one attached hydrogen (secondary N) is 2. The van der Waals surface area contributed by atoms with E-state index in [9.17, 15) is 10.1 Å². The Kier molecular flexibility index (Phi) is 8.96. The third-order valence-electron chi connectivity index (χ3n) is 5.73. The molecule has 0 radical (unpaired) electrons. The average molecular weight is 540 g/mol. The van der Waals surface area contributed by atoms with Gasteiger partial charge in [-0.05, 0) is 63.9 Å². The van der Waals surface area contributed by atoms with Crippen molar-refractivity contribution in [3.8, 4) is 23.1 Å². The highest BCUT2D eigenvalue weighted by molar-refractivity contribution is 5.69.